The molecule has 0 aromatic heterocycles. The summed E-state index contributed by atoms with van der Waals surface area (Å²) in [5.41, 5.74) is -0.0252. The molecule has 0 saturated heterocycles. The van der Waals surface area contributed by atoms with Crippen LogP contribution in [0, 0.1) is 0 Å². The van der Waals surface area contributed by atoms with Crippen LogP contribution in [0.2, 0.25) is 0 Å². The number of carbonyl (C=O) groups is 3. The van der Waals surface area contributed by atoms with Gasteiger partial charge in [-0.2, -0.15) is 0 Å². The van der Waals surface area contributed by atoms with Crippen molar-refractivity contribution in [3.05, 3.63) is 42.0 Å². The molecular formula is C16H16N2O5. The van der Waals surface area contributed by atoms with Gasteiger partial charge in [-0.1, -0.05) is 30.3 Å². The minimum atomic E-state index is -0.816. The van der Waals surface area contributed by atoms with Gasteiger partial charge >= 0.3 is 5.97 Å². The molecule has 7 heteroatoms. The van der Waals surface area contributed by atoms with Crippen molar-refractivity contribution in [2.75, 3.05) is 20.2 Å². The standard InChI is InChI=1S/C16H16N2O5/c1-17-13(19)8-18-14(20)9-23-16(22)12-7-6-10-4-2-3-5-11(10)15(12)21/h2-7,21H,8-9H2,1H3,(H,17,19)(H,18,20). The fraction of sp³-hybridized carbons (Fsp3) is 0.188. The normalized spacial score (nSPS) is 10.1. The van der Waals surface area contributed by atoms with Crippen molar-refractivity contribution in [2.24, 2.45) is 0 Å². The number of benzene rings is 2. The largest absolute Gasteiger partial charge is 0.506 e. The van der Waals surface area contributed by atoms with Crippen LogP contribution in [0.15, 0.2) is 36.4 Å². The summed E-state index contributed by atoms with van der Waals surface area (Å²) in [7, 11) is 1.44. The SMILES string of the molecule is CNC(=O)CNC(=O)COC(=O)c1ccc2ccccc2c1O. The van der Waals surface area contributed by atoms with Gasteiger partial charge < -0.3 is 20.5 Å². The molecule has 0 heterocycles. The topological polar surface area (TPSA) is 105 Å². The summed E-state index contributed by atoms with van der Waals surface area (Å²) in [5, 5.41) is 16.1. The van der Waals surface area contributed by atoms with Gasteiger partial charge in [-0.15, -0.1) is 0 Å². The number of ether oxygens (including phenoxy) is 1. The molecule has 23 heavy (non-hydrogen) atoms. The Morgan fingerprint density at radius 1 is 1.09 bits per heavy atom. The van der Waals surface area contributed by atoms with Crippen molar-refractivity contribution in [3.8, 4) is 5.75 Å². The third-order valence-corrected chi connectivity index (χ3v) is 3.18. The lowest BCUT2D eigenvalue weighted by Crippen LogP contribution is -2.37. The van der Waals surface area contributed by atoms with Crippen molar-refractivity contribution in [1.29, 1.82) is 0 Å². The number of likely N-dealkylation sites (N-methyl/N-ethyl adjacent to an activating group) is 1. The molecule has 7 nitrogen and oxygen atoms in total. The third kappa shape index (κ3) is 3.97. The highest BCUT2D eigenvalue weighted by atomic mass is 16.5. The van der Waals surface area contributed by atoms with Gasteiger partial charge in [0.05, 0.1) is 6.54 Å². The summed E-state index contributed by atoms with van der Waals surface area (Å²) < 4.78 is 4.84. The molecule has 0 saturated carbocycles. The van der Waals surface area contributed by atoms with Gasteiger partial charge in [0, 0.05) is 12.4 Å². The average molecular weight is 316 g/mol. The number of nitrogens with one attached hydrogen (secondary N) is 2. The molecule has 0 aliphatic carbocycles. The Kier molecular flexibility index (Phi) is 5.14. The second kappa shape index (κ2) is 7.26. The number of rotatable bonds is 5. The molecule has 0 aliphatic heterocycles. The number of aromatic hydroxyl groups is 1. The smallest absolute Gasteiger partial charge is 0.342 e. The summed E-state index contributed by atoms with van der Waals surface area (Å²) >= 11 is 0. The van der Waals surface area contributed by atoms with E-state index in [0.29, 0.717) is 5.39 Å². The van der Waals surface area contributed by atoms with Gasteiger partial charge in [-0.3, -0.25) is 9.59 Å². The van der Waals surface area contributed by atoms with E-state index in [1.807, 2.05) is 6.07 Å². The highest BCUT2D eigenvalue weighted by molar-refractivity contribution is 6.01. The van der Waals surface area contributed by atoms with Crippen LogP contribution in [0.3, 0.4) is 0 Å². The molecular weight excluding hydrogens is 300 g/mol. The van der Waals surface area contributed by atoms with E-state index in [1.165, 1.54) is 13.1 Å². The maximum Gasteiger partial charge on any atom is 0.342 e. The monoisotopic (exact) mass is 316 g/mol. The molecule has 0 unspecified atom stereocenters. The van der Waals surface area contributed by atoms with E-state index in [-0.39, 0.29) is 23.8 Å². The van der Waals surface area contributed by atoms with Gasteiger partial charge in [-0.25, -0.2) is 4.79 Å². The third-order valence-electron chi connectivity index (χ3n) is 3.18. The van der Waals surface area contributed by atoms with Crippen LogP contribution in [-0.2, 0) is 14.3 Å². The molecule has 2 aromatic carbocycles. The Bertz CT molecular complexity index is 757. The average Bonchev–Trinajstić information content (AvgIpc) is 2.58. The summed E-state index contributed by atoms with van der Waals surface area (Å²) in [6.45, 7) is -0.740. The zero-order chi connectivity index (χ0) is 16.8. The first kappa shape index (κ1) is 16.3. The van der Waals surface area contributed by atoms with Gasteiger partial charge in [0.2, 0.25) is 5.91 Å². The molecule has 2 aromatic rings. The summed E-state index contributed by atoms with van der Waals surface area (Å²) in [5.74, 6) is -1.98. The first-order chi connectivity index (χ1) is 11.0. The van der Waals surface area contributed by atoms with Crippen molar-refractivity contribution in [3.63, 3.8) is 0 Å². The fourth-order valence-corrected chi connectivity index (χ4v) is 1.95. The van der Waals surface area contributed by atoms with E-state index < -0.39 is 18.5 Å². The number of hydrogen-bond donors (Lipinski definition) is 3. The summed E-state index contributed by atoms with van der Waals surface area (Å²) in [6, 6.07) is 10.1. The quantitative estimate of drug-likeness (QED) is 0.699. The number of phenols is 1. The highest BCUT2D eigenvalue weighted by Crippen LogP contribution is 2.28. The molecule has 0 aliphatic rings. The number of carbonyl (C=O) groups excluding carboxylic acids is 3. The fourth-order valence-electron chi connectivity index (χ4n) is 1.95. The molecule has 0 radical (unpaired) electrons. The minimum absolute atomic E-state index is 0.0252. The molecule has 120 valence electrons. The van der Waals surface area contributed by atoms with Gasteiger partial charge in [0.25, 0.3) is 5.91 Å². The number of hydrogen-bond acceptors (Lipinski definition) is 5. The van der Waals surface area contributed by atoms with Crippen molar-refractivity contribution in [1.82, 2.24) is 10.6 Å². The zero-order valence-corrected chi connectivity index (χ0v) is 12.5. The van der Waals surface area contributed by atoms with E-state index in [0.717, 1.165) is 5.39 Å². The second-order valence-electron chi connectivity index (χ2n) is 4.71. The lowest BCUT2D eigenvalue weighted by Gasteiger charge is -2.09. The van der Waals surface area contributed by atoms with Crippen LogP contribution < -0.4 is 10.6 Å². The van der Waals surface area contributed by atoms with E-state index >= 15 is 0 Å². The van der Waals surface area contributed by atoms with Crippen LogP contribution in [0.25, 0.3) is 10.8 Å². The van der Waals surface area contributed by atoms with Crippen LogP contribution >= 0.6 is 0 Å². The molecule has 0 bridgehead atoms. The Hall–Kier alpha value is -3.09. The van der Waals surface area contributed by atoms with Crippen molar-refractivity contribution < 1.29 is 24.2 Å². The van der Waals surface area contributed by atoms with E-state index in [1.54, 1.807) is 24.3 Å². The number of amides is 2. The Balaban J connectivity index is 2.00. The Labute approximate surface area is 132 Å². The maximum atomic E-state index is 12.0. The van der Waals surface area contributed by atoms with E-state index in [4.69, 9.17) is 4.74 Å². The Morgan fingerprint density at radius 3 is 2.57 bits per heavy atom. The van der Waals surface area contributed by atoms with Gasteiger partial charge in [0.1, 0.15) is 11.3 Å². The van der Waals surface area contributed by atoms with Crippen molar-refractivity contribution in [2.45, 2.75) is 0 Å². The predicted octanol–water partition coefficient (Wildman–Crippen LogP) is 0.564. The van der Waals surface area contributed by atoms with Crippen LogP contribution in [-0.4, -0.2) is 43.1 Å². The highest BCUT2D eigenvalue weighted by Gasteiger charge is 2.16. The van der Waals surface area contributed by atoms with E-state index in [2.05, 4.69) is 10.6 Å². The lowest BCUT2D eigenvalue weighted by molar-refractivity contribution is -0.127. The van der Waals surface area contributed by atoms with Crippen LogP contribution in [0.1, 0.15) is 10.4 Å². The molecule has 3 N–H and O–H groups in total. The van der Waals surface area contributed by atoms with Gasteiger partial charge in [0.15, 0.2) is 6.61 Å². The van der Waals surface area contributed by atoms with Gasteiger partial charge in [-0.05, 0) is 11.5 Å². The second-order valence-corrected chi connectivity index (χ2v) is 4.71. The first-order valence-corrected chi connectivity index (χ1v) is 6.88. The molecule has 2 rings (SSSR count). The zero-order valence-electron chi connectivity index (χ0n) is 12.5. The Morgan fingerprint density at radius 2 is 1.83 bits per heavy atom. The minimum Gasteiger partial charge on any atom is -0.506 e. The van der Waals surface area contributed by atoms with E-state index in [9.17, 15) is 19.5 Å². The molecule has 0 atom stereocenters. The summed E-state index contributed by atoms with van der Waals surface area (Å²) in [4.78, 5) is 34.4. The predicted molar refractivity (Wildman–Crippen MR) is 83.0 cm³/mol. The molecule has 2 amide bonds. The lowest BCUT2D eigenvalue weighted by atomic mass is 10.1. The van der Waals surface area contributed by atoms with Crippen LogP contribution in [0.5, 0.6) is 5.75 Å². The maximum absolute atomic E-state index is 12.0. The van der Waals surface area contributed by atoms with Crippen LogP contribution in [0.4, 0.5) is 0 Å². The summed E-state index contributed by atoms with van der Waals surface area (Å²) in [6.07, 6.45) is 0. The first-order valence-electron chi connectivity index (χ1n) is 6.88. The number of fused-ring (bicyclic) bond motifs is 1. The number of esters is 1. The molecule has 0 fully saturated rings. The number of phenolic OH excluding ortho intramolecular Hbond substituents is 1. The van der Waals surface area contributed by atoms with Crippen molar-refractivity contribution >= 4 is 28.6 Å². The molecule has 0 spiro atoms.